The van der Waals surface area contributed by atoms with E-state index >= 15 is 0 Å². The van der Waals surface area contributed by atoms with Gasteiger partial charge in [0.05, 0.1) is 10.5 Å². The van der Waals surface area contributed by atoms with Gasteiger partial charge in [-0.2, -0.15) is 0 Å². The number of rotatable bonds is 5. The molecule has 1 aliphatic rings. The van der Waals surface area contributed by atoms with Gasteiger partial charge in [0.25, 0.3) is 11.5 Å². The van der Waals surface area contributed by atoms with Crippen molar-refractivity contribution in [1.82, 2.24) is 14.3 Å². The number of amides is 1. The normalized spacial score (nSPS) is 16.0. The van der Waals surface area contributed by atoms with Crippen molar-refractivity contribution in [2.45, 2.75) is 19.9 Å². The minimum absolute atomic E-state index is 0.0109. The molecule has 2 aromatic rings. The standard InChI is InChI=1S/C17H16N4O4S2/c1-9(2)18-14-10(15(24)20-6-4-3-5-12(20)19-14)7-11-16(25)21(8-13(22)23)17(26)27-11/h3-7,9,18H,8H2,1-2H3,(H,22,23)/b11-7+. The molecule has 0 spiro atoms. The highest BCUT2D eigenvalue weighted by Gasteiger charge is 2.34. The number of carboxylic acid groups (broad SMARTS) is 1. The molecule has 10 heteroatoms. The first-order chi connectivity index (χ1) is 12.8. The Morgan fingerprint density at radius 1 is 1.41 bits per heavy atom. The molecule has 1 fully saturated rings. The van der Waals surface area contributed by atoms with Crippen molar-refractivity contribution in [3.8, 4) is 0 Å². The first-order valence-electron chi connectivity index (χ1n) is 8.03. The molecule has 0 aliphatic carbocycles. The van der Waals surface area contributed by atoms with Crippen LogP contribution in [-0.2, 0) is 9.59 Å². The van der Waals surface area contributed by atoms with E-state index in [1.54, 1.807) is 24.4 Å². The van der Waals surface area contributed by atoms with Gasteiger partial charge in [-0.1, -0.05) is 30.0 Å². The molecule has 0 radical (unpaired) electrons. The molecule has 0 bridgehead atoms. The van der Waals surface area contributed by atoms with Gasteiger partial charge in [-0.15, -0.1) is 0 Å². The molecule has 0 aromatic carbocycles. The van der Waals surface area contributed by atoms with E-state index in [0.29, 0.717) is 11.5 Å². The highest BCUT2D eigenvalue weighted by atomic mass is 32.2. The smallest absolute Gasteiger partial charge is 0.323 e. The van der Waals surface area contributed by atoms with Crippen LogP contribution in [-0.4, -0.2) is 48.2 Å². The van der Waals surface area contributed by atoms with Crippen LogP contribution in [0.4, 0.5) is 5.82 Å². The van der Waals surface area contributed by atoms with Gasteiger partial charge in [0.15, 0.2) is 0 Å². The Balaban J connectivity index is 2.13. The molecule has 0 saturated carbocycles. The SMILES string of the molecule is CC(C)Nc1nc2ccccn2c(=O)c1/C=C1/SC(=S)N(CC(=O)O)C1=O. The molecule has 140 valence electrons. The topological polar surface area (TPSA) is 104 Å². The first-order valence-corrected chi connectivity index (χ1v) is 9.25. The average Bonchev–Trinajstić information content (AvgIpc) is 2.85. The third kappa shape index (κ3) is 3.86. The number of carbonyl (C=O) groups excluding carboxylic acids is 1. The van der Waals surface area contributed by atoms with E-state index in [9.17, 15) is 14.4 Å². The van der Waals surface area contributed by atoms with Gasteiger partial charge in [-0.3, -0.25) is 23.7 Å². The van der Waals surface area contributed by atoms with Crippen LogP contribution >= 0.6 is 24.0 Å². The Morgan fingerprint density at radius 3 is 2.81 bits per heavy atom. The van der Waals surface area contributed by atoms with E-state index in [2.05, 4.69) is 10.3 Å². The van der Waals surface area contributed by atoms with Crippen LogP contribution in [0.5, 0.6) is 0 Å². The van der Waals surface area contributed by atoms with Crippen molar-refractivity contribution in [3.05, 3.63) is 45.2 Å². The summed E-state index contributed by atoms with van der Waals surface area (Å²) < 4.78 is 1.52. The maximum absolute atomic E-state index is 12.9. The van der Waals surface area contributed by atoms with Crippen molar-refractivity contribution in [2.24, 2.45) is 0 Å². The molecule has 2 N–H and O–H groups in total. The summed E-state index contributed by atoms with van der Waals surface area (Å²) in [7, 11) is 0. The van der Waals surface area contributed by atoms with Gasteiger partial charge >= 0.3 is 5.97 Å². The van der Waals surface area contributed by atoms with E-state index in [-0.39, 0.29) is 26.4 Å². The summed E-state index contributed by atoms with van der Waals surface area (Å²) >= 11 is 6.05. The Kier molecular flexibility index (Phi) is 5.29. The van der Waals surface area contributed by atoms with Gasteiger partial charge < -0.3 is 10.4 Å². The van der Waals surface area contributed by atoms with Crippen LogP contribution in [0.1, 0.15) is 19.4 Å². The molecule has 1 amide bonds. The molecule has 1 aliphatic heterocycles. The quantitative estimate of drug-likeness (QED) is 0.574. The van der Waals surface area contributed by atoms with E-state index < -0.39 is 18.4 Å². The molecule has 0 unspecified atom stereocenters. The van der Waals surface area contributed by atoms with Crippen molar-refractivity contribution in [2.75, 3.05) is 11.9 Å². The fraction of sp³-hybridized carbons (Fsp3) is 0.235. The predicted molar refractivity (Wildman–Crippen MR) is 108 cm³/mol. The third-order valence-corrected chi connectivity index (χ3v) is 5.01. The van der Waals surface area contributed by atoms with Gasteiger partial charge in [-0.25, -0.2) is 4.98 Å². The van der Waals surface area contributed by atoms with E-state index in [4.69, 9.17) is 17.3 Å². The molecule has 8 nitrogen and oxygen atoms in total. The second kappa shape index (κ2) is 7.49. The summed E-state index contributed by atoms with van der Waals surface area (Å²) in [5, 5.41) is 12.1. The van der Waals surface area contributed by atoms with E-state index in [0.717, 1.165) is 16.7 Å². The number of pyridine rings is 1. The monoisotopic (exact) mass is 404 g/mol. The van der Waals surface area contributed by atoms with E-state index in [1.165, 1.54) is 10.5 Å². The van der Waals surface area contributed by atoms with Crippen LogP contribution in [0.3, 0.4) is 0 Å². The molecule has 2 aromatic heterocycles. The van der Waals surface area contributed by atoms with Crippen molar-refractivity contribution >= 4 is 57.7 Å². The second-order valence-electron chi connectivity index (χ2n) is 6.07. The highest BCUT2D eigenvalue weighted by Crippen LogP contribution is 2.32. The summed E-state index contributed by atoms with van der Waals surface area (Å²) in [5.41, 5.74) is 0.344. The van der Waals surface area contributed by atoms with Crippen LogP contribution in [0.25, 0.3) is 11.7 Å². The largest absolute Gasteiger partial charge is 0.480 e. The van der Waals surface area contributed by atoms with Crippen LogP contribution in [0.15, 0.2) is 34.1 Å². The summed E-state index contributed by atoms with van der Waals surface area (Å²) in [4.78, 5) is 42.0. The molecule has 1 saturated heterocycles. The number of aliphatic carboxylic acids is 1. The number of nitrogens with zero attached hydrogens (tertiary/aromatic N) is 3. The second-order valence-corrected chi connectivity index (χ2v) is 7.74. The fourth-order valence-corrected chi connectivity index (χ4v) is 3.76. The lowest BCUT2D eigenvalue weighted by atomic mass is 10.2. The molecular weight excluding hydrogens is 388 g/mol. The number of fused-ring (bicyclic) bond motifs is 1. The number of nitrogens with one attached hydrogen (secondary N) is 1. The molecule has 3 heterocycles. The number of hydrogen-bond acceptors (Lipinski definition) is 7. The third-order valence-electron chi connectivity index (χ3n) is 3.64. The maximum atomic E-state index is 12.9. The maximum Gasteiger partial charge on any atom is 0.323 e. The molecule has 27 heavy (non-hydrogen) atoms. The Labute approximate surface area is 163 Å². The lowest BCUT2D eigenvalue weighted by molar-refractivity contribution is -0.140. The average molecular weight is 404 g/mol. The predicted octanol–water partition coefficient (Wildman–Crippen LogP) is 1.80. The Hall–Kier alpha value is -2.72. The van der Waals surface area contributed by atoms with Crippen molar-refractivity contribution in [1.29, 1.82) is 0 Å². The van der Waals surface area contributed by atoms with E-state index in [1.807, 2.05) is 13.8 Å². The number of thioether (sulfide) groups is 1. The zero-order valence-corrected chi connectivity index (χ0v) is 16.1. The van der Waals surface area contributed by atoms with Gasteiger partial charge in [0.1, 0.15) is 22.3 Å². The number of carbonyl (C=O) groups is 2. The minimum Gasteiger partial charge on any atom is -0.480 e. The molecule has 3 rings (SSSR count). The summed E-state index contributed by atoms with van der Waals surface area (Å²) in [6, 6.07) is 5.21. The zero-order valence-electron chi connectivity index (χ0n) is 14.5. The molecular formula is C17H16N4O4S2. The Morgan fingerprint density at radius 2 is 2.15 bits per heavy atom. The Bertz CT molecular complexity index is 1040. The van der Waals surface area contributed by atoms with Gasteiger partial charge in [-0.05, 0) is 32.1 Å². The highest BCUT2D eigenvalue weighted by molar-refractivity contribution is 8.26. The van der Waals surface area contributed by atoms with Crippen LogP contribution in [0.2, 0.25) is 0 Å². The number of aromatic nitrogens is 2. The van der Waals surface area contributed by atoms with Gasteiger partial charge in [0, 0.05) is 12.2 Å². The summed E-state index contributed by atoms with van der Waals surface area (Å²) in [6.07, 6.45) is 3.01. The first kappa shape index (κ1) is 19.1. The lowest BCUT2D eigenvalue weighted by Gasteiger charge is -2.13. The van der Waals surface area contributed by atoms with Crippen molar-refractivity contribution in [3.63, 3.8) is 0 Å². The zero-order chi connectivity index (χ0) is 19.7. The number of carboxylic acids is 1. The summed E-state index contributed by atoms with van der Waals surface area (Å²) in [5.74, 6) is -1.35. The number of anilines is 1. The number of thiocarbonyl (C=S) groups is 1. The summed E-state index contributed by atoms with van der Waals surface area (Å²) in [6.45, 7) is 3.29. The van der Waals surface area contributed by atoms with Crippen LogP contribution < -0.4 is 10.9 Å². The lowest BCUT2D eigenvalue weighted by Crippen LogP contribution is -2.33. The minimum atomic E-state index is -1.16. The number of hydrogen-bond donors (Lipinski definition) is 2. The fourth-order valence-electron chi connectivity index (χ4n) is 2.52. The van der Waals surface area contributed by atoms with Crippen LogP contribution in [0, 0.1) is 0 Å². The van der Waals surface area contributed by atoms with Gasteiger partial charge in [0.2, 0.25) is 0 Å². The van der Waals surface area contributed by atoms with Crippen molar-refractivity contribution < 1.29 is 14.7 Å². The molecule has 0 atom stereocenters.